The third-order valence-electron chi connectivity index (χ3n) is 4.33. The monoisotopic (exact) mass is 401 g/mol. The van der Waals surface area contributed by atoms with Gasteiger partial charge in [-0.05, 0) is 41.9 Å². The van der Waals surface area contributed by atoms with Gasteiger partial charge < -0.3 is 9.47 Å². The van der Waals surface area contributed by atoms with Crippen LogP contribution in [0.1, 0.15) is 17.2 Å². The number of ether oxygens (including phenoxy) is 2. The number of benzene rings is 2. The molecule has 146 valence electrons. The SMILES string of the molecule is COc1ccccc1[C@@H](COc1ccc(CC2SC(=O)N(N)C2=O)cc1)N=O. The molecular weight excluding hydrogens is 382 g/mol. The van der Waals surface area contributed by atoms with Gasteiger partial charge in [0.25, 0.3) is 5.91 Å². The van der Waals surface area contributed by atoms with Gasteiger partial charge >= 0.3 is 5.24 Å². The summed E-state index contributed by atoms with van der Waals surface area (Å²) in [5.41, 5.74) is 1.53. The number of thioether (sulfide) groups is 1. The fourth-order valence-electron chi connectivity index (χ4n) is 2.83. The van der Waals surface area contributed by atoms with Crippen molar-refractivity contribution in [3.8, 4) is 11.5 Å². The van der Waals surface area contributed by atoms with Crippen molar-refractivity contribution in [3.05, 3.63) is 64.6 Å². The zero-order valence-corrected chi connectivity index (χ0v) is 15.9. The summed E-state index contributed by atoms with van der Waals surface area (Å²) in [4.78, 5) is 34.6. The highest BCUT2D eigenvalue weighted by Gasteiger charge is 2.37. The molecule has 1 aliphatic heterocycles. The third kappa shape index (κ3) is 4.32. The van der Waals surface area contributed by atoms with Gasteiger partial charge in [0.2, 0.25) is 0 Å². The van der Waals surface area contributed by atoms with Gasteiger partial charge in [-0.2, -0.15) is 4.91 Å². The Morgan fingerprint density at radius 2 is 1.89 bits per heavy atom. The molecule has 0 spiro atoms. The highest BCUT2D eigenvalue weighted by molar-refractivity contribution is 8.15. The van der Waals surface area contributed by atoms with Gasteiger partial charge in [0, 0.05) is 5.56 Å². The fourth-order valence-corrected chi connectivity index (χ4v) is 3.77. The Hall–Kier alpha value is -2.91. The molecule has 0 aromatic heterocycles. The first kappa shape index (κ1) is 19.8. The van der Waals surface area contributed by atoms with Crippen LogP contribution >= 0.6 is 11.8 Å². The molecular formula is C19H19N3O5S. The first-order chi connectivity index (χ1) is 13.5. The number of methoxy groups -OCH3 is 1. The van der Waals surface area contributed by atoms with E-state index in [0.717, 1.165) is 17.3 Å². The standard InChI is InChI=1S/C19H19N3O5S/c1-26-16-5-3-2-4-14(16)15(21-25)11-27-13-8-6-12(7-9-13)10-17-18(23)22(20)19(24)28-17/h2-9,15,17H,10-11,20H2,1H3/t15-,17?/m1/s1. The Kier molecular flexibility index (Phi) is 6.27. The lowest BCUT2D eigenvalue weighted by molar-refractivity contribution is -0.126. The van der Waals surface area contributed by atoms with Crippen LogP contribution in [0.25, 0.3) is 0 Å². The van der Waals surface area contributed by atoms with Gasteiger partial charge in [0.1, 0.15) is 18.1 Å². The summed E-state index contributed by atoms with van der Waals surface area (Å²) in [5, 5.41) is 2.84. The van der Waals surface area contributed by atoms with Crippen LogP contribution < -0.4 is 15.3 Å². The number of nitrogens with two attached hydrogens (primary N) is 1. The molecule has 1 saturated heterocycles. The number of hydrogen-bond acceptors (Lipinski definition) is 8. The number of hydrazine groups is 1. The molecule has 0 bridgehead atoms. The van der Waals surface area contributed by atoms with Crippen LogP contribution in [0.3, 0.4) is 0 Å². The predicted octanol–water partition coefficient (Wildman–Crippen LogP) is 3.06. The van der Waals surface area contributed by atoms with Crippen molar-refractivity contribution in [2.24, 2.45) is 11.0 Å². The minimum atomic E-state index is -0.704. The molecule has 2 atom stereocenters. The van der Waals surface area contributed by atoms with E-state index in [0.29, 0.717) is 28.5 Å². The maximum absolute atomic E-state index is 11.9. The second kappa shape index (κ2) is 8.85. The number of nitrogens with zero attached hydrogens (tertiary/aromatic N) is 2. The highest BCUT2D eigenvalue weighted by Crippen LogP contribution is 2.29. The van der Waals surface area contributed by atoms with Crippen LogP contribution in [0.4, 0.5) is 4.79 Å². The van der Waals surface area contributed by atoms with Gasteiger partial charge in [-0.1, -0.05) is 35.5 Å². The summed E-state index contributed by atoms with van der Waals surface area (Å²) in [5.74, 6) is 6.13. The minimum Gasteiger partial charge on any atom is -0.496 e. The number of imide groups is 1. The van der Waals surface area contributed by atoms with Crippen LogP contribution in [0.2, 0.25) is 0 Å². The van der Waals surface area contributed by atoms with E-state index >= 15 is 0 Å². The van der Waals surface area contributed by atoms with Crippen molar-refractivity contribution in [1.82, 2.24) is 5.01 Å². The molecule has 0 saturated carbocycles. The maximum atomic E-state index is 11.9. The lowest BCUT2D eigenvalue weighted by atomic mass is 10.1. The molecule has 1 heterocycles. The number of amides is 2. The smallest absolute Gasteiger partial charge is 0.303 e. The van der Waals surface area contributed by atoms with Gasteiger partial charge in [0.05, 0.1) is 12.4 Å². The van der Waals surface area contributed by atoms with Gasteiger partial charge in [-0.3, -0.25) is 9.59 Å². The molecule has 2 N–H and O–H groups in total. The molecule has 0 aliphatic carbocycles. The lowest BCUT2D eigenvalue weighted by Crippen LogP contribution is -2.37. The van der Waals surface area contributed by atoms with Crippen molar-refractivity contribution in [3.63, 3.8) is 0 Å². The summed E-state index contributed by atoms with van der Waals surface area (Å²) < 4.78 is 11.0. The molecule has 2 aromatic rings. The molecule has 3 rings (SSSR count). The first-order valence-electron chi connectivity index (χ1n) is 8.50. The summed E-state index contributed by atoms with van der Waals surface area (Å²) in [6, 6.07) is 13.5. The topological polar surface area (TPSA) is 111 Å². The predicted molar refractivity (Wildman–Crippen MR) is 105 cm³/mol. The van der Waals surface area contributed by atoms with Gasteiger partial charge in [-0.15, -0.1) is 0 Å². The zero-order valence-electron chi connectivity index (χ0n) is 15.1. The van der Waals surface area contributed by atoms with Crippen molar-refractivity contribution < 1.29 is 19.1 Å². The van der Waals surface area contributed by atoms with E-state index in [4.69, 9.17) is 15.3 Å². The van der Waals surface area contributed by atoms with E-state index in [1.165, 1.54) is 7.11 Å². The van der Waals surface area contributed by atoms with E-state index in [1.807, 2.05) is 6.07 Å². The zero-order chi connectivity index (χ0) is 20.1. The average molecular weight is 401 g/mol. The lowest BCUT2D eigenvalue weighted by Gasteiger charge is -2.15. The second-order valence-electron chi connectivity index (χ2n) is 6.10. The Bertz CT molecular complexity index is 874. The normalized spacial score (nSPS) is 17.5. The number of nitroso groups, excluding NO2 is 1. The first-order valence-corrected chi connectivity index (χ1v) is 9.38. The summed E-state index contributed by atoms with van der Waals surface area (Å²) in [6.45, 7) is 0.0663. The summed E-state index contributed by atoms with van der Waals surface area (Å²) >= 11 is 0.921. The van der Waals surface area contributed by atoms with Crippen molar-refractivity contribution in [2.75, 3.05) is 13.7 Å². The third-order valence-corrected chi connectivity index (χ3v) is 5.38. The minimum absolute atomic E-state index is 0.0663. The molecule has 9 heteroatoms. The Morgan fingerprint density at radius 3 is 2.50 bits per heavy atom. The van der Waals surface area contributed by atoms with E-state index in [1.54, 1.807) is 42.5 Å². The van der Waals surface area contributed by atoms with Crippen LogP contribution in [-0.4, -0.2) is 35.1 Å². The molecule has 1 fully saturated rings. The van der Waals surface area contributed by atoms with Crippen LogP contribution in [0.5, 0.6) is 11.5 Å². The molecule has 2 amide bonds. The quantitative estimate of drug-likeness (QED) is 0.411. The van der Waals surface area contributed by atoms with Gasteiger partial charge in [-0.25, -0.2) is 10.9 Å². The van der Waals surface area contributed by atoms with Crippen LogP contribution in [0, 0.1) is 4.91 Å². The number of rotatable bonds is 8. The fraction of sp³-hybridized carbons (Fsp3) is 0.263. The van der Waals surface area contributed by atoms with E-state index in [9.17, 15) is 14.5 Å². The van der Waals surface area contributed by atoms with Crippen molar-refractivity contribution >= 4 is 22.9 Å². The summed E-state index contributed by atoms with van der Waals surface area (Å²) in [7, 11) is 1.53. The van der Waals surface area contributed by atoms with E-state index in [2.05, 4.69) is 5.18 Å². The van der Waals surface area contributed by atoms with Crippen molar-refractivity contribution in [2.45, 2.75) is 17.7 Å². The second-order valence-corrected chi connectivity index (χ2v) is 7.26. The molecule has 0 radical (unpaired) electrons. The number of carbonyl (C=O) groups is 2. The Balaban J connectivity index is 1.60. The Labute approximate surface area is 165 Å². The molecule has 2 aromatic carbocycles. The number of para-hydroxylation sites is 1. The number of hydrogen-bond donors (Lipinski definition) is 1. The maximum Gasteiger partial charge on any atom is 0.303 e. The van der Waals surface area contributed by atoms with E-state index < -0.39 is 22.4 Å². The van der Waals surface area contributed by atoms with Crippen LogP contribution in [-0.2, 0) is 11.2 Å². The number of carbonyl (C=O) groups excluding carboxylic acids is 2. The molecule has 1 aliphatic rings. The molecule has 8 nitrogen and oxygen atoms in total. The van der Waals surface area contributed by atoms with Crippen LogP contribution in [0.15, 0.2) is 53.7 Å². The largest absolute Gasteiger partial charge is 0.496 e. The summed E-state index contributed by atoms with van der Waals surface area (Å²) in [6.07, 6.45) is 0.392. The average Bonchev–Trinajstić information content (AvgIpc) is 2.96. The van der Waals surface area contributed by atoms with E-state index in [-0.39, 0.29) is 6.61 Å². The molecule has 28 heavy (non-hydrogen) atoms. The van der Waals surface area contributed by atoms with Crippen molar-refractivity contribution in [1.29, 1.82) is 0 Å². The highest BCUT2D eigenvalue weighted by atomic mass is 32.2. The molecule has 1 unspecified atom stereocenters. The van der Waals surface area contributed by atoms with Gasteiger partial charge in [0.15, 0.2) is 6.04 Å². The Morgan fingerprint density at radius 1 is 1.18 bits per heavy atom.